The SMILES string of the molecule is CC(OC(=O)c1sc2cc(F)ccc2c1Cl)C(=O)Nc1ccc(F)cc1Cl. The number of thiophene rings is 1. The maximum Gasteiger partial charge on any atom is 0.350 e. The second-order valence-electron chi connectivity index (χ2n) is 5.55. The number of fused-ring (bicyclic) bond motifs is 1. The van der Waals surface area contributed by atoms with Gasteiger partial charge in [-0.1, -0.05) is 23.2 Å². The molecule has 1 N–H and O–H groups in total. The van der Waals surface area contributed by atoms with Crippen molar-refractivity contribution in [1.29, 1.82) is 0 Å². The number of nitrogens with one attached hydrogen (secondary N) is 1. The first kappa shape index (κ1) is 19.5. The van der Waals surface area contributed by atoms with Crippen molar-refractivity contribution in [1.82, 2.24) is 0 Å². The minimum Gasteiger partial charge on any atom is -0.448 e. The molecule has 0 aliphatic rings. The van der Waals surface area contributed by atoms with Crippen LogP contribution in [0.4, 0.5) is 14.5 Å². The van der Waals surface area contributed by atoms with Crippen molar-refractivity contribution in [3.8, 4) is 0 Å². The Morgan fingerprint density at radius 1 is 1.11 bits per heavy atom. The number of anilines is 1. The molecule has 0 fully saturated rings. The number of hydrogen-bond acceptors (Lipinski definition) is 4. The van der Waals surface area contributed by atoms with Crippen molar-refractivity contribution in [3.05, 3.63) is 63.0 Å². The lowest BCUT2D eigenvalue weighted by Gasteiger charge is -2.14. The molecule has 3 aromatic rings. The van der Waals surface area contributed by atoms with Crippen LogP contribution in [0.25, 0.3) is 10.1 Å². The fraction of sp³-hybridized carbons (Fsp3) is 0.111. The molecular weight excluding hydrogens is 419 g/mol. The number of carbonyl (C=O) groups excluding carboxylic acids is 2. The van der Waals surface area contributed by atoms with Crippen LogP contribution in [0.5, 0.6) is 0 Å². The first-order chi connectivity index (χ1) is 12.8. The van der Waals surface area contributed by atoms with E-state index in [0.717, 1.165) is 23.5 Å². The van der Waals surface area contributed by atoms with E-state index in [4.69, 9.17) is 27.9 Å². The van der Waals surface area contributed by atoms with E-state index < -0.39 is 29.6 Å². The highest BCUT2D eigenvalue weighted by atomic mass is 35.5. The van der Waals surface area contributed by atoms with E-state index in [1.54, 1.807) is 0 Å². The molecule has 0 radical (unpaired) electrons. The summed E-state index contributed by atoms with van der Waals surface area (Å²) < 4.78 is 32.0. The molecule has 140 valence electrons. The fourth-order valence-electron chi connectivity index (χ4n) is 2.26. The van der Waals surface area contributed by atoms with Gasteiger partial charge in [-0.05, 0) is 43.3 Å². The highest BCUT2D eigenvalue weighted by molar-refractivity contribution is 7.21. The number of amides is 1. The lowest BCUT2D eigenvalue weighted by atomic mass is 10.2. The minimum absolute atomic E-state index is 0.0106. The van der Waals surface area contributed by atoms with E-state index in [-0.39, 0.29) is 20.6 Å². The van der Waals surface area contributed by atoms with Gasteiger partial charge in [-0.2, -0.15) is 0 Å². The van der Waals surface area contributed by atoms with Crippen LogP contribution in [0.1, 0.15) is 16.6 Å². The molecule has 9 heteroatoms. The average molecular weight is 430 g/mol. The fourth-order valence-corrected chi connectivity index (χ4v) is 3.89. The van der Waals surface area contributed by atoms with Crippen LogP contribution in [-0.2, 0) is 9.53 Å². The molecule has 2 aromatic carbocycles. The summed E-state index contributed by atoms with van der Waals surface area (Å²) in [5.41, 5.74) is 0.182. The zero-order valence-corrected chi connectivity index (χ0v) is 16.0. The Hall–Kier alpha value is -2.22. The third-order valence-corrected chi connectivity index (χ3v) is 5.57. The number of rotatable bonds is 4. The van der Waals surface area contributed by atoms with Crippen LogP contribution in [0.3, 0.4) is 0 Å². The van der Waals surface area contributed by atoms with Crippen LogP contribution in [0.2, 0.25) is 10.0 Å². The van der Waals surface area contributed by atoms with E-state index in [0.29, 0.717) is 10.1 Å². The van der Waals surface area contributed by atoms with Gasteiger partial charge in [-0.15, -0.1) is 11.3 Å². The van der Waals surface area contributed by atoms with Gasteiger partial charge in [0.25, 0.3) is 5.91 Å². The van der Waals surface area contributed by atoms with Crippen LogP contribution >= 0.6 is 34.5 Å². The molecule has 0 bridgehead atoms. The first-order valence-electron chi connectivity index (χ1n) is 7.60. The Morgan fingerprint density at radius 3 is 2.48 bits per heavy atom. The van der Waals surface area contributed by atoms with Crippen LogP contribution in [0.15, 0.2) is 36.4 Å². The summed E-state index contributed by atoms with van der Waals surface area (Å²) >= 11 is 13.0. The molecule has 0 spiro atoms. The van der Waals surface area contributed by atoms with Crippen molar-refractivity contribution < 1.29 is 23.1 Å². The Labute approximate surface area is 166 Å². The van der Waals surface area contributed by atoms with E-state index in [2.05, 4.69) is 5.32 Å². The monoisotopic (exact) mass is 429 g/mol. The quantitative estimate of drug-likeness (QED) is 0.543. The molecule has 1 atom stereocenters. The maximum absolute atomic E-state index is 13.3. The largest absolute Gasteiger partial charge is 0.448 e. The molecule has 27 heavy (non-hydrogen) atoms. The number of hydrogen-bond donors (Lipinski definition) is 1. The zero-order chi connectivity index (χ0) is 19.7. The molecule has 1 amide bonds. The third-order valence-electron chi connectivity index (χ3n) is 3.62. The summed E-state index contributed by atoms with van der Waals surface area (Å²) in [6.45, 7) is 1.37. The lowest BCUT2D eigenvalue weighted by molar-refractivity contribution is -0.123. The van der Waals surface area contributed by atoms with Gasteiger partial charge < -0.3 is 10.1 Å². The summed E-state index contributed by atoms with van der Waals surface area (Å²) in [5, 5.41) is 3.11. The van der Waals surface area contributed by atoms with E-state index in [1.807, 2.05) is 0 Å². The summed E-state index contributed by atoms with van der Waals surface area (Å²) in [6, 6.07) is 7.43. The number of benzene rings is 2. The normalized spacial score (nSPS) is 12.0. The highest BCUT2D eigenvalue weighted by Crippen LogP contribution is 2.36. The van der Waals surface area contributed by atoms with E-state index in [1.165, 1.54) is 31.2 Å². The predicted octanol–water partition coefficient (Wildman–Crippen LogP) is 5.67. The van der Waals surface area contributed by atoms with Gasteiger partial charge in [0.05, 0.1) is 15.7 Å². The van der Waals surface area contributed by atoms with Crippen molar-refractivity contribution in [2.45, 2.75) is 13.0 Å². The molecule has 3 rings (SSSR count). The second-order valence-corrected chi connectivity index (χ2v) is 7.38. The molecule has 0 aliphatic carbocycles. The van der Waals surface area contributed by atoms with Gasteiger partial charge in [0, 0.05) is 10.1 Å². The van der Waals surface area contributed by atoms with Crippen molar-refractivity contribution >= 4 is 62.2 Å². The Morgan fingerprint density at radius 2 is 1.78 bits per heavy atom. The van der Waals surface area contributed by atoms with Crippen LogP contribution in [-0.4, -0.2) is 18.0 Å². The van der Waals surface area contributed by atoms with E-state index >= 15 is 0 Å². The van der Waals surface area contributed by atoms with Gasteiger partial charge >= 0.3 is 5.97 Å². The minimum atomic E-state index is -1.17. The van der Waals surface area contributed by atoms with Crippen molar-refractivity contribution in [2.75, 3.05) is 5.32 Å². The highest BCUT2D eigenvalue weighted by Gasteiger charge is 2.24. The molecule has 0 saturated heterocycles. The average Bonchev–Trinajstić information content (AvgIpc) is 2.93. The van der Waals surface area contributed by atoms with Crippen molar-refractivity contribution in [2.24, 2.45) is 0 Å². The van der Waals surface area contributed by atoms with E-state index in [9.17, 15) is 18.4 Å². The second kappa shape index (κ2) is 7.80. The molecule has 1 unspecified atom stereocenters. The topological polar surface area (TPSA) is 55.4 Å². The van der Waals surface area contributed by atoms with Crippen molar-refractivity contribution in [3.63, 3.8) is 0 Å². The Kier molecular flexibility index (Phi) is 5.64. The number of ether oxygens (including phenoxy) is 1. The summed E-state index contributed by atoms with van der Waals surface area (Å²) in [7, 11) is 0. The van der Waals surface area contributed by atoms with Crippen LogP contribution in [0, 0.1) is 11.6 Å². The Balaban J connectivity index is 1.73. The summed E-state index contributed by atoms with van der Waals surface area (Å²) in [6.07, 6.45) is -1.17. The molecule has 0 aliphatic heterocycles. The number of esters is 1. The standard InChI is InChI=1S/C18H11Cl2F2NO3S/c1-8(17(24)23-13-5-3-9(21)6-12(13)19)26-18(25)16-15(20)11-4-2-10(22)7-14(11)27-16/h2-8H,1H3,(H,23,24). The first-order valence-corrected chi connectivity index (χ1v) is 9.18. The predicted molar refractivity (Wildman–Crippen MR) is 102 cm³/mol. The van der Waals surface area contributed by atoms with Gasteiger partial charge in [-0.25, -0.2) is 13.6 Å². The van der Waals surface area contributed by atoms with Gasteiger partial charge in [0.15, 0.2) is 6.10 Å². The molecule has 0 saturated carbocycles. The van der Waals surface area contributed by atoms with Gasteiger partial charge in [0.1, 0.15) is 16.5 Å². The lowest BCUT2D eigenvalue weighted by Crippen LogP contribution is -2.30. The summed E-state index contributed by atoms with van der Waals surface area (Å²) in [4.78, 5) is 24.6. The molecule has 4 nitrogen and oxygen atoms in total. The van der Waals surface area contributed by atoms with Crippen LogP contribution < -0.4 is 5.32 Å². The zero-order valence-electron chi connectivity index (χ0n) is 13.7. The Bertz CT molecular complexity index is 1050. The molecule has 1 aromatic heterocycles. The maximum atomic E-state index is 13.3. The summed E-state index contributed by atoms with van der Waals surface area (Å²) in [5.74, 6) is -2.47. The molecular formula is C18H11Cl2F2NO3S. The smallest absolute Gasteiger partial charge is 0.350 e. The molecule has 1 heterocycles. The number of carbonyl (C=O) groups is 2. The number of halogens is 4. The third kappa shape index (κ3) is 4.21. The van der Waals surface area contributed by atoms with Gasteiger partial charge in [-0.3, -0.25) is 4.79 Å². The van der Waals surface area contributed by atoms with Gasteiger partial charge in [0.2, 0.25) is 0 Å².